The number of ether oxygens (including phenoxy) is 1. The third-order valence-corrected chi connectivity index (χ3v) is 13.5. The highest BCUT2D eigenvalue weighted by atomic mass is 16.6. The summed E-state index contributed by atoms with van der Waals surface area (Å²) in [5.74, 6) is 5.37. The minimum atomic E-state index is -0.369. The summed E-state index contributed by atoms with van der Waals surface area (Å²) in [5.41, 5.74) is 11.3. The minimum Gasteiger partial charge on any atom is -0.446 e. The van der Waals surface area contributed by atoms with Crippen LogP contribution >= 0.6 is 0 Å². The van der Waals surface area contributed by atoms with Crippen LogP contribution in [-0.2, 0) is 11.3 Å². The van der Waals surface area contributed by atoms with Crippen LogP contribution in [0.25, 0.3) is 11.2 Å². The first-order valence-electron chi connectivity index (χ1n) is 18.7. The first-order chi connectivity index (χ1) is 23.0. The molecule has 3 N–H and O–H groups in total. The number of hydrogen-bond acceptors (Lipinski definition) is 6. The van der Waals surface area contributed by atoms with Gasteiger partial charge in [0.2, 0.25) is 0 Å². The fourth-order valence-corrected chi connectivity index (χ4v) is 11.0. The summed E-state index contributed by atoms with van der Waals surface area (Å²) < 4.78 is 7.98. The van der Waals surface area contributed by atoms with E-state index in [0.717, 1.165) is 66.0 Å². The number of nitrogens with zero attached hydrogens (tertiary/aromatic N) is 4. The summed E-state index contributed by atoms with van der Waals surface area (Å²) >= 11 is 0. The molecule has 0 radical (unpaired) electrons. The molecule has 2 aromatic heterocycles. The van der Waals surface area contributed by atoms with Gasteiger partial charge < -0.3 is 15.0 Å². The zero-order chi connectivity index (χ0) is 33.6. The molecule has 1 amide bonds. The lowest BCUT2D eigenvalue weighted by molar-refractivity contribution is -0.0577. The Morgan fingerprint density at radius 1 is 1.02 bits per heavy atom. The number of nitrogen functional groups attached to an aromatic ring is 1. The van der Waals surface area contributed by atoms with Crippen molar-refractivity contribution in [2.75, 3.05) is 11.1 Å². The summed E-state index contributed by atoms with van der Waals surface area (Å²) in [6.45, 7) is 13.1. The van der Waals surface area contributed by atoms with Crippen molar-refractivity contribution in [2.45, 2.75) is 118 Å². The largest absolute Gasteiger partial charge is 0.446 e. The number of aromatic nitrogens is 4. The lowest BCUT2D eigenvalue weighted by Gasteiger charge is -2.58. The normalized spacial score (nSPS) is 31.9. The van der Waals surface area contributed by atoms with Crippen LogP contribution in [-0.4, -0.2) is 31.7 Å². The highest BCUT2D eigenvalue weighted by Crippen LogP contribution is 2.67. The van der Waals surface area contributed by atoms with Gasteiger partial charge in [0.25, 0.3) is 0 Å². The Balaban J connectivity index is 0.937. The predicted molar refractivity (Wildman–Crippen MR) is 192 cm³/mol. The fourth-order valence-electron chi connectivity index (χ4n) is 11.0. The summed E-state index contributed by atoms with van der Waals surface area (Å²) in [5, 5.41) is 2.96. The molecule has 0 spiro atoms. The molecule has 48 heavy (non-hydrogen) atoms. The molecule has 3 saturated carbocycles. The van der Waals surface area contributed by atoms with Crippen molar-refractivity contribution >= 4 is 28.8 Å². The lowest BCUT2D eigenvalue weighted by atomic mass is 9.47. The average Bonchev–Trinajstić information content (AvgIpc) is 3.63. The van der Waals surface area contributed by atoms with Crippen molar-refractivity contribution < 1.29 is 9.53 Å². The Kier molecular flexibility index (Phi) is 9.05. The maximum atomic E-state index is 13.0. The Hall–Kier alpha value is -3.42. The second-order valence-corrected chi connectivity index (χ2v) is 16.7. The van der Waals surface area contributed by atoms with Gasteiger partial charge in [-0.2, -0.15) is 0 Å². The minimum absolute atomic E-state index is 0.0690. The van der Waals surface area contributed by atoms with Gasteiger partial charge in [-0.1, -0.05) is 77.7 Å². The van der Waals surface area contributed by atoms with Crippen molar-refractivity contribution in [2.24, 2.45) is 46.3 Å². The van der Waals surface area contributed by atoms with Crippen molar-refractivity contribution in [3.05, 3.63) is 54.1 Å². The van der Waals surface area contributed by atoms with Crippen LogP contribution in [0.4, 0.5) is 16.3 Å². The molecule has 4 aliphatic rings. The van der Waals surface area contributed by atoms with Crippen LogP contribution in [0.1, 0.15) is 111 Å². The smallest absolute Gasteiger partial charge is 0.411 e. The molecule has 1 aromatic carbocycles. The van der Waals surface area contributed by atoms with E-state index in [1.165, 1.54) is 57.7 Å². The van der Waals surface area contributed by atoms with E-state index < -0.39 is 0 Å². The van der Waals surface area contributed by atoms with Crippen LogP contribution in [0.3, 0.4) is 0 Å². The van der Waals surface area contributed by atoms with E-state index in [9.17, 15) is 4.79 Å². The Labute approximate surface area is 286 Å². The molecule has 0 aliphatic heterocycles. The van der Waals surface area contributed by atoms with Crippen molar-refractivity contribution in [3.63, 3.8) is 0 Å². The van der Waals surface area contributed by atoms with Crippen molar-refractivity contribution in [1.29, 1.82) is 0 Å². The van der Waals surface area contributed by atoms with Gasteiger partial charge in [-0.15, -0.1) is 0 Å². The van der Waals surface area contributed by atoms with Crippen LogP contribution in [0, 0.1) is 46.3 Å². The van der Waals surface area contributed by atoms with Gasteiger partial charge in [0.15, 0.2) is 11.5 Å². The van der Waals surface area contributed by atoms with Gasteiger partial charge >= 0.3 is 6.09 Å². The van der Waals surface area contributed by atoms with E-state index in [4.69, 9.17) is 10.5 Å². The molecule has 3 aromatic rings. The molecule has 2 heterocycles. The van der Waals surface area contributed by atoms with Crippen LogP contribution in [0.5, 0.6) is 0 Å². The summed E-state index contributed by atoms with van der Waals surface area (Å²) in [7, 11) is 0. The number of nitrogens with two attached hydrogens (primary N) is 1. The number of carbonyl (C=O) groups is 1. The highest BCUT2D eigenvalue weighted by molar-refractivity contribution is 5.84. The first-order valence-corrected chi connectivity index (χ1v) is 18.7. The average molecular weight is 653 g/mol. The molecule has 0 unspecified atom stereocenters. The number of imidazole rings is 1. The Morgan fingerprint density at radius 2 is 1.83 bits per heavy atom. The topological polar surface area (TPSA) is 108 Å². The summed E-state index contributed by atoms with van der Waals surface area (Å²) in [6.07, 6.45) is 19.2. The van der Waals surface area contributed by atoms with Gasteiger partial charge in [0.05, 0.1) is 12.9 Å². The van der Waals surface area contributed by atoms with E-state index >= 15 is 0 Å². The Morgan fingerprint density at radius 3 is 2.62 bits per heavy atom. The standard InChI is InChI=1S/C40H56N6O2/c1-25(2)7-6-8-26(3)32-15-16-33-31-14-11-28-21-30(17-19-39(28,4)34(31)18-20-40(32,33)5)48-38(47)45-29-12-9-27(10-13-29)22-46-24-44-35-36(41)42-23-43-37(35)46/h9-13,23-26,30-34H,6-8,14-22H2,1-5H3,(H,45,47)(H2,41,42,43)/t26-,30+,31+,32-,33+,34+,39+,40-/m1/s1. The van der Waals surface area contributed by atoms with Gasteiger partial charge in [-0.3, -0.25) is 5.32 Å². The van der Waals surface area contributed by atoms with Gasteiger partial charge in [0, 0.05) is 12.1 Å². The van der Waals surface area contributed by atoms with Crippen LogP contribution in [0.2, 0.25) is 0 Å². The van der Waals surface area contributed by atoms with E-state index in [-0.39, 0.29) is 17.6 Å². The number of allylic oxidation sites excluding steroid dienone is 1. The van der Waals surface area contributed by atoms with Crippen molar-refractivity contribution in [1.82, 2.24) is 19.5 Å². The molecular formula is C40H56N6O2. The molecule has 0 bridgehead atoms. The molecule has 8 nitrogen and oxygen atoms in total. The van der Waals surface area contributed by atoms with Crippen molar-refractivity contribution in [3.8, 4) is 0 Å². The summed E-state index contributed by atoms with van der Waals surface area (Å²) in [4.78, 5) is 25.7. The highest BCUT2D eigenvalue weighted by Gasteiger charge is 2.59. The van der Waals surface area contributed by atoms with Gasteiger partial charge in [-0.05, 0) is 109 Å². The predicted octanol–water partition coefficient (Wildman–Crippen LogP) is 9.42. The number of fused-ring (bicyclic) bond motifs is 6. The zero-order valence-corrected chi connectivity index (χ0v) is 29.8. The van der Waals surface area contributed by atoms with E-state index in [0.29, 0.717) is 28.9 Å². The Bertz CT molecular complexity index is 1650. The van der Waals surface area contributed by atoms with Gasteiger partial charge in [-0.25, -0.2) is 19.7 Å². The summed E-state index contributed by atoms with van der Waals surface area (Å²) in [6, 6.07) is 7.82. The van der Waals surface area contributed by atoms with E-state index in [1.807, 2.05) is 28.8 Å². The van der Waals surface area contributed by atoms with Crippen LogP contribution in [0.15, 0.2) is 48.6 Å². The lowest BCUT2D eigenvalue weighted by Crippen LogP contribution is -2.51. The monoisotopic (exact) mass is 652 g/mol. The zero-order valence-electron chi connectivity index (χ0n) is 29.8. The van der Waals surface area contributed by atoms with Crippen LogP contribution < -0.4 is 11.1 Å². The molecule has 8 heteroatoms. The molecule has 0 saturated heterocycles. The van der Waals surface area contributed by atoms with Gasteiger partial charge in [0.1, 0.15) is 17.9 Å². The molecule has 3 fully saturated rings. The number of carbonyl (C=O) groups excluding carboxylic acids is 1. The van der Waals surface area contributed by atoms with E-state index in [2.05, 4.69) is 61.0 Å². The number of nitrogens with one attached hydrogen (secondary N) is 1. The first kappa shape index (κ1) is 33.1. The molecular weight excluding hydrogens is 596 g/mol. The number of rotatable bonds is 9. The maximum absolute atomic E-state index is 13.0. The molecule has 7 rings (SSSR count). The van der Waals surface area contributed by atoms with E-state index in [1.54, 1.807) is 11.9 Å². The number of amides is 1. The second-order valence-electron chi connectivity index (χ2n) is 16.7. The molecule has 8 atom stereocenters. The fraction of sp³-hybridized carbons (Fsp3) is 0.650. The quantitative estimate of drug-likeness (QED) is 0.223. The second kappa shape index (κ2) is 13.1. The third-order valence-electron chi connectivity index (χ3n) is 13.5. The number of benzene rings is 1. The third kappa shape index (κ3) is 6.13. The molecule has 4 aliphatic carbocycles. The number of anilines is 2. The molecule has 258 valence electrons. The SMILES string of the molecule is CC(C)CCC[C@@H](C)[C@H]1CC[C@H]2[C@@H]3CC=C4C[C@@H](OC(=O)Nc5ccc(Cn6cnc7c(N)ncnc76)cc5)CC[C@]4(C)[C@H]3CC[C@]12C. The maximum Gasteiger partial charge on any atom is 0.411 e. The number of hydrogen-bond donors (Lipinski definition) is 2.